The van der Waals surface area contributed by atoms with Gasteiger partial charge in [-0.3, -0.25) is 14.2 Å². The lowest BCUT2D eigenvalue weighted by molar-refractivity contribution is -0.115. The third-order valence-electron chi connectivity index (χ3n) is 4.79. The highest BCUT2D eigenvalue weighted by atomic mass is 35.5. The van der Waals surface area contributed by atoms with Crippen LogP contribution in [0.5, 0.6) is 5.75 Å². The van der Waals surface area contributed by atoms with Gasteiger partial charge < -0.3 is 14.5 Å². The summed E-state index contributed by atoms with van der Waals surface area (Å²) in [4.78, 5) is 30.7. The molecule has 0 radical (unpaired) electrons. The Hall–Kier alpha value is -3.23. The molecule has 0 saturated carbocycles. The summed E-state index contributed by atoms with van der Waals surface area (Å²) >= 11 is 7.25. The van der Waals surface area contributed by atoms with Gasteiger partial charge in [-0.15, -0.1) is 0 Å². The van der Waals surface area contributed by atoms with Crippen molar-refractivity contribution in [3.8, 4) is 5.75 Å². The Labute approximate surface area is 193 Å². The number of thioether (sulfide) groups is 1. The summed E-state index contributed by atoms with van der Waals surface area (Å²) in [6.45, 7) is 1.96. The maximum Gasteiger partial charge on any atom is 0.262 e. The van der Waals surface area contributed by atoms with E-state index in [9.17, 15) is 9.59 Å². The number of hydrogen-bond donors (Lipinski definition) is 1. The number of rotatable bonds is 7. The van der Waals surface area contributed by atoms with Crippen molar-refractivity contribution < 1.29 is 13.9 Å². The van der Waals surface area contributed by atoms with E-state index in [4.69, 9.17) is 20.8 Å². The fraction of sp³-hybridized carbons (Fsp3) is 0.174. The van der Waals surface area contributed by atoms with E-state index in [0.717, 1.165) is 0 Å². The third kappa shape index (κ3) is 4.66. The normalized spacial score (nSPS) is 12.0. The molecule has 1 unspecified atom stereocenters. The number of furan rings is 1. The molecule has 2 aromatic heterocycles. The molecular formula is C23H20ClN3O4S. The summed E-state index contributed by atoms with van der Waals surface area (Å²) in [5.74, 6) is 0.841. The number of nitrogens with one attached hydrogen (secondary N) is 1. The number of methoxy groups -OCH3 is 1. The Kier molecular flexibility index (Phi) is 6.53. The van der Waals surface area contributed by atoms with Crippen LogP contribution in [-0.2, 0) is 11.3 Å². The Bertz CT molecular complexity index is 1320. The van der Waals surface area contributed by atoms with E-state index in [1.165, 1.54) is 23.4 Å². The predicted molar refractivity (Wildman–Crippen MR) is 126 cm³/mol. The Morgan fingerprint density at radius 2 is 2.06 bits per heavy atom. The lowest BCUT2D eigenvalue weighted by Gasteiger charge is -2.17. The maximum atomic E-state index is 13.2. The summed E-state index contributed by atoms with van der Waals surface area (Å²) in [6, 6.07) is 15.7. The molecule has 2 heterocycles. The van der Waals surface area contributed by atoms with Crippen molar-refractivity contribution in [2.75, 3.05) is 12.4 Å². The summed E-state index contributed by atoms with van der Waals surface area (Å²) in [6.07, 6.45) is 1.55. The summed E-state index contributed by atoms with van der Waals surface area (Å²) in [5, 5.41) is 3.68. The molecule has 0 aliphatic heterocycles. The SMILES string of the molecule is COc1ccc(Cl)cc1NC(=O)C(C)Sc1nc2ccccc2c(=O)n1Cc1ccco1. The van der Waals surface area contributed by atoms with Crippen molar-refractivity contribution in [1.29, 1.82) is 0 Å². The first-order valence-corrected chi connectivity index (χ1v) is 11.0. The minimum absolute atomic E-state index is 0.196. The number of anilines is 1. The quantitative estimate of drug-likeness (QED) is 0.308. The van der Waals surface area contributed by atoms with Gasteiger partial charge >= 0.3 is 0 Å². The second-order valence-corrected chi connectivity index (χ2v) is 8.72. The first-order chi connectivity index (χ1) is 15.5. The monoisotopic (exact) mass is 469 g/mol. The number of hydrogen-bond acceptors (Lipinski definition) is 6. The number of aromatic nitrogens is 2. The van der Waals surface area contributed by atoms with Crippen molar-refractivity contribution in [3.63, 3.8) is 0 Å². The van der Waals surface area contributed by atoms with Gasteiger partial charge in [-0.1, -0.05) is 35.5 Å². The van der Waals surface area contributed by atoms with Crippen LogP contribution in [0.3, 0.4) is 0 Å². The molecule has 0 bridgehead atoms. The van der Waals surface area contributed by atoms with E-state index in [-0.39, 0.29) is 18.0 Å². The summed E-state index contributed by atoms with van der Waals surface area (Å²) < 4.78 is 12.2. The zero-order valence-electron chi connectivity index (χ0n) is 17.4. The molecule has 0 fully saturated rings. The number of carbonyl (C=O) groups is 1. The van der Waals surface area contributed by atoms with Crippen LogP contribution in [0.25, 0.3) is 10.9 Å². The number of amides is 1. The largest absolute Gasteiger partial charge is 0.495 e. The fourth-order valence-corrected chi connectivity index (χ4v) is 4.24. The highest BCUT2D eigenvalue weighted by Crippen LogP contribution is 2.29. The van der Waals surface area contributed by atoms with E-state index < -0.39 is 5.25 Å². The molecule has 0 aliphatic carbocycles. The molecule has 0 aliphatic rings. The van der Waals surface area contributed by atoms with Gasteiger partial charge in [0.2, 0.25) is 5.91 Å². The number of halogens is 1. The van der Waals surface area contributed by atoms with Crippen LogP contribution in [0, 0.1) is 0 Å². The number of para-hydroxylation sites is 1. The molecule has 4 aromatic rings. The molecular weight excluding hydrogens is 450 g/mol. The van der Waals surface area contributed by atoms with Crippen LogP contribution in [-0.4, -0.2) is 27.8 Å². The van der Waals surface area contributed by atoms with Crippen LogP contribution in [0.1, 0.15) is 12.7 Å². The first kappa shape index (κ1) is 22.0. The molecule has 0 spiro atoms. The standard InChI is InChI=1S/C23H20ClN3O4S/c1-14(21(28)25-19-12-15(24)9-10-20(19)30-2)32-23-26-18-8-4-3-7-17(18)22(29)27(23)13-16-6-5-11-31-16/h3-12,14H,13H2,1-2H3,(H,25,28). The average Bonchev–Trinajstić information content (AvgIpc) is 3.30. The third-order valence-corrected chi connectivity index (χ3v) is 6.12. The predicted octanol–water partition coefficient (Wildman–Crippen LogP) is 4.82. The Morgan fingerprint density at radius 3 is 2.81 bits per heavy atom. The van der Waals surface area contributed by atoms with Crippen LogP contribution in [0.15, 0.2) is 75.2 Å². The molecule has 32 heavy (non-hydrogen) atoms. The van der Waals surface area contributed by atoms with E-state index in [0.29, 0.717) is 38.3 Å². The number of fused-ring (bicyclic) bond motifs is 1. The molecule has 1 atom stereocenters. The highest BCUT2D eigenvalue weighted by molar-refractivity contribution is 8.00. The van der Waals surface area contributed by atoms with E-state index >= 15 is 0 Å². The van der Waals surface area contributed by atoms with Gasteiger partial charge in [-0.05, 0) is 49.4 Å². The average molecular weight is 470 g/mol. The van der Waals surface area contributed by atoms with Crippen molar-refractivity contribution in [2.24, 2.45) is 0 Å². The lowest BCUT2D eigenvalue weighted by Crippen LogP contribution is -2.27. The van der Waals surface area contributed by atoms with Crippen molar-refractivity contribution in [3.05, 3.63) is 82.0 Å². The van der Waals surface area contributed by atoms with Gasteiger partial charge in [0.1, 0.15) is 11.5 Å². The fourth-order valence-electron chi connectivity index (χ4n) is 3.16. The van der Waals surface area contributed by atoms with Crippen molar-refractivity contribution >= 4 is 45.9 Å². The second-order valence-electron chi connectivity index (χ2n) is 6.98. The number of ether oxygens (including phenoxy) is 1. The van der Waals surface area contributed by atoms with Crippen LogP contribution < -0.4 is 15.6 Å². The summed E-state index contributed by atoms with van der Waals surface area (Å²) in [5.41, 5.74) is 0.843. The highest BCUT2D eigenvalue weighted by Gasteiger charge is 2.21. The van der Waals surface area contributed by atoms with Gasteiger partial charge in [-0.25, -0.2) is 4.98 Å². The van der Waals surface area contributed by atoms with E-state index in [1.54, 1.807) is 61.7 Å². The number of carbonyl (C=O) groups excluding carboxylic acids is 1. The van der Waals surface area contributed by atoms with Crippen LogP contribution in [0.2, 0.25) is 5.02 Å². The van der Waals surface area contributed by atoms with E-state index in [2.05, 4.69) is 10.3 Å². The van der Waals surface area contributed by atoms with Crippen LogP contribution >= 0.6 is 23.4 Å². The van der Waals surface area contributed by atoms with Gasteiger partial charge in [-0.2, -0.15) is 0 Å². The van der Waals surface area contributed by atoms with Crippen molar-refractivity contribution in [2.45, 2.75) is 23.9 Å². The van der Waals surface area contributed by atoms with Gasteiger partial charge in [0, 0.05) is 5.02 Å². The molecule has 4 rings (SSSR count). The maximum absolute atomic E-state index is 13.2. The lowest BCUT2D eigenvalue weighted by atomic mass is 10.2. The van der Waals surface area contributed by atoms with Crippen molar-refractivity contribution in [1.82, 2.24) is 9.55 Å². The molecule has 2 aromatic carbocycles. The molecule has 164 valence electrons. The van der Waals surface area contributed by atoms with Gasteiger partial charge in [0.15, 0.2) is 5.16 Å². The smallest absolute Gasteiger partial charge is 0.262 e. The van der Waals surface area contributed by atoms with Crippen LogP contribution in [0.4, 0.5) is 5.69 Å². The molecule has 1 N–H and O–H groups in total. The molecule has 9 heteroatoms. The van der Waals surface area contributed by atoms with Gasteiger partial charge in [0.05, 0.1) is 41.8 Å². The molecule has 1 amide bonds. The van der Waals surface area contributed by atoms with Gasteiger partial charge in [0.25, 0.3) is 5.56 Å². The van der Waals surface area contributed by atoms with E-state index in [1.807, 2.05) is 6.07 Å². The minimum atomic E-state index is -0.561. The molecule has 0 saturated heterocycles. The summed E-state index contributed by atoms with van der Waals surface area (Å²) in [7, 11) is 1.52. The zero-order chi connectivity index (χ0) is 22.7. The zero-order valence-corrected chi connectivity index (χ0v) is 18.9. The minimum Gasteiger partial charge on any atom is -0.495 e. The topological polar surface area (TPSA) is 86.4 Å². The molecule has 7 nitrogen and oxygen atoms in total. The Morgan fingerprint density at radius 1 is 1.25 bits per heavy atom. The second kappa shape index (κ2) is 9.50. The Balaban J connectivity index is 1.65. The number of nitrogens with zero attached hydrogens (tertiary/aromatic N) is 2. The number of benzene rings is 2. The first-order valence-electron chi connectivity index (χ1n) is 9.79.